The average Bonchev–Trinajstić information content (AvgIpc) is 2.78. The van der Waals surface area contributed by atoms with Crippen LogP contribution in [-0.2, 0) is 25.5 Å². The van der Waals surface area contributed by atoms with Crippen molar-refractivity contribution in [2.75, 3.05) is 26.3 Å². The first-order valence-corrected chi connectivity index (χ1v) is 11.3. The third kappa shape index (κ3) is 7.75. The van der Waals surface area contributed by atoms with Crippen molar-refractivity contribution >= 4 is 28.7 Å². The fourth-order valence-electron chi connectivity index (χ4n) is 3.57. The summed E-state index contributed by atoms with van der Waals surface area (Å²) in [5.41, 5.74) is 0.897. The van der Waals surface area contributed by atoms with Gasteiger partial charge >= 0.3 is 18.0 Å². The van der Waals surface area contributed by atoms with E-state index in [2.05, 4.69) is 5.32 Å². The van der Waals surface area contributed by atoms with Gasteiger partial charge < -0.3 is 24.8 Å². The van der Waals surface area contributed by atoms with Gasteiger partial charge in [0.1, 0.15) is 6.04 Å². The standard InChI is InChI=1S/C25H34N2O6/c1-5-32-23(29)21(14-19-12-9-11-18-10-7-8-13-20(18)19)26-25(31)27(15-17(3)4)16-22(28)24(30)33-6-2/h7-13,17,21-22,28H,5-6,14-16H2,1-4H3,(H,26,31)/t21-,22?/m0/s1. The van der Waals surface area contributed by atoms with Crippen LogP contribution in [0.25, 0.3) is 10.8 Å². The number of rotatable bonds is 11. The second-order valence-electron chi connectivity index (χ2n) is 8.16. The minimum Gasteiger partial charge on any atom is -0.464 e. The second-order valence-corrected chi connectivity index (χ2v) is 8.16. The second kappa shape index (κ2) is 12.8. The van der Waals surface area contributed by atoms with E-state index in [0.29, 0.717) is 0 Å². The van der Waals surface area contributed by atoms with Gasteiger partial charge in [0.15, 0.2) is 6.10 Å². The SMILES string of the molecule is CCOC(=O)C(O)CN(CC(C)C)C(=O)N[C@@H](Cc1cccc2ccccc12)C(=O)OCC. The molecule has 8 nitrogen and oxygen atoms in total. The van der Waals surface area contributed by atoms with Crippen molar-refractivity contribution in [3.05, 3.63) is 48.0 Å². The highest BCUT2D eigenvalue weighted by Crippen LogP contribution is 2.20. The van der Waals surface area contributed by atoms with E-state index in [1.54, 1.807) is 13.8 Å². The first-order chi connectivity index (χ1) is 15.8. The molecule has 2 amide bonds. The summed E-state index contributed by atoms with van der Waals surface area (Å²) in [6.45, 7) is 7.51. The van der Waals surface area contributed by atoms with E-state index in [1.807, 2.05) is 56.3 Å². The van der Waals surface area contributed by atoms with E-state index >= 15 is 0 Å². The Balaban J connectivity index is 2.24. The van der Waals surface area contributed by atoms with Crippen LogP contribution in [-0.4, -0.2) is 66.4 Å². The number of nitrogens with one attached hydrogen (secondary N) is 1. The molecule has 0 spiro atoms. The number of benzene rings is 2. The minimum absolute atomic E-state index is 0.0734. The normalized spacial score (nSPS) is 12.8. The molecule has 2 aromatic carbocycles. The molecule has 2 N–H and O–H groups in total. The molecular weight excluding hydrogens is 424 g/mol. The third-order valence-corrected chi connectivity index (χ3v) is 5.00. The van der Waals surface area contributed by atoms with Gasteiger partial charge in [0, 0.05) is 13.0 Å². The van der Waals surface area contributed by atoms with Gasteiger partial charge in [0.25, 0.3) is 0 Å². The lowest BCUT2D eigenvalue weighted by atomic mass is 9.99. The molecule has 0 aliphatic carbocycles. The van der Waals surface area contributed by atoms with Crippen LogP contribution < -0.4 is 5.32 Å². The maximum Gasteiger partial charge on any atom is 0.336 e. The third-order valence-electron chi connectivity index (χ3n) is 5.00. The Kier molecular flexibility index (Phi) is 10.1. The molecule has 0 aliphatic rings. The summed E-state index contributed by atoms with van der Waals surface area (Å²) in [5.74, 6) is -1.27. The molecule has 0 heterocycles. The zero-order chi connectivity index (χ0) is 24.4. The topological polar surface area (TPSA) is 105 Å². The number of carbonyl (C=O) groups excluding carboxylic acids is 3. The van der Waals surface area contributed by atoms with Gasteiger partial charge in [-0.05, 0) is 36.1 Å². The van der Waals surface area contributed by atoms with Crippen LogP contribution in [0.2, 0.25) is 0 Å². The van der Waals surface area contributed by atoms with Crippen molar-refractivity contribution in [3.63, 3.8) is 0 Å². The summed E-state index contributed by atoms with van der Waals surface area (Å²) in [6, 6.07) is 12.1. The first-order valence-electron chi connectivity index (χ1n) is 11.3. The summed E-state index contributed by atoms with van der Waals surface area (Å²) < 4.78 is 10.0. The Morgan fingerprint density at radius 2 is 1.58 bits per heavy atom. The Morgan fingerprint density at radius 1 is 0.939 bits per heavy atom. The van der Waals surface area contributed by atoms with Crippen LogP contribution in [0.15, 0.2) is 42.5 Å². The van der Waals surface area contributed by atoms with Crippen molar-refractivity contribution in [1.29, 1.82) is 0 Å². The number of aliphatic hydroxyl groups excluding tert-OH is 1. The van der Waals surface area contributed by atoms with Crippen LogP contribution in [0.3, 0.4) is 0 Å². The van der Waals surface area contributed by atoms with E-state index in [4.69, 9.17) is 9.47 Å². The summed E-state index contributed by atoms with van der Waals surface area (Å²) in [5, 5.41) is 14.9. The Hall–Kier alpha value is -3.13. The lowest BCUT2D eigenvalue weighted by molar-refractivity contribution is -0.153. The fraction of sp³-hybridized carbons (Fsp3) is 0.480. The number of amides is 2. The zero-order valence-electron chi connectivity index (χ0n) is 19.7. The highest BCUT2D eigenvalue weighted by molar-refractivity contribution is 5.88. The van der Waals surface area contributed by atoms with Gasteiger partial charge in [-0.25, -0.2) is 14.4 Å². The molecule has 0 saturated heterocycles. The Labute approximate surface area is 194 Å². The van der Waals surface area contributed by atoms with Crippen LogP contribution in [0.4, 0.5) is 4.79 Å². The molecule has 2 rings (SSSR count). The number of urea groups is 1. The zero-order valence-corrected chi connectivity index (χ0v) is 19.7. The van der Waals surface area contributed by atoms with Gasteiger partial charge in [0.05, 0.1) is 19.8 Å². The lowest BCUT2D eigenvalue weighted by Crippen LogP contribution is -2.52. The predicted octanol–water partition coefficient (Wildman–Crippen LogP) is 2.91. The molecule has 0 saturated carbocycles. The maximum absolute atomic E-state index is 13.1. The number of nitrogens with zero attached hydrogens (tertiary/aromatic N) is 1. The van der Waals surface area contributed by atoms with Crippen molar-refractivity contribution in [2.24, 2.45) is 5.92 Å². The monoisotopic (exact) mass is 458 g/mol. The van der Waals surface area contributed by atoms with Gasteiger partial charge in [-0.3, -0.25) is 0 Å². The fourth-order valence-corrected chi connectivity index (χ4v) is 3.57. The first kappa shape index (κ1) is 26.1. The molecule has 0 fully saturated rings. The van der Waals surface area contributed by atoms with Crippen molar-refractivity contribution in [2.45, 2.75) is 46.3 Å². The summed E-state index contributed by atoms with van der Waals surface area (Å²) in [7, 11) is 0. The van der Waals surface area contributed by atoms with E-state index < -0.39 is 30.1 Å². The smallest absolute Gasteiger partial charge is 0.336 e. The molecule has 1 unspecified atom stereocenters. The average molecular weight is 459 g/mol. The molecule has 0 bridgehead atoms. The van der Waals surface area contributed by atoms with Crippen molar-refractivity contribution in [3.8, 4) is 0 Å². The molecule has 0 aliphatic heterocycles. The summed E-state index contributed by atoms with van der Waals surface area (Å²) >= 11 is 0. The number of fused-ring (bicyclic) bond motifs is 1. The van der Waals surface area contributed by atoms with Crippen LogP contribution in [0, 0.1) is 5.92 Å². The predicted molar refractivity (Wildman–Crippen MR) is 126 cm³/mol. The molecular formula is C25H34N2O6. The van der Waals surface area contributed by atoms with E-state index in [-0.39, 0.29) is 38.6 Å². The van der Waals surface area contributed by atoms with E-state index in [9.17, 15) is 19.5 Å². The van der Waals surface area contributed by atoms with Gasteiger partial charge in [-0.2, -0.15) is 0 Å². The number of ether oxygens (including phenoxy) is 2. The molecule has 180 valence electrons. The number of hydrogen-bond donors (Lipinski definition) is 2. The van der Waals surface area contributed by atoms with Gasteiger partial charge in [-0.15, -0.1) is 0 Å². The summed E-state index contributed by atoms with van der Waals surface area (Å²) in [6.07, 6.45) is -1.24. The molecule has 0 radical (unpaired) electrons. The molecule has 0 aromatic heterocycles. The molecule has 8 heteroatoms. The van der Waals surface area contributed by atoms with Crippen LogP contribution >= 0.6 is 0 Å². The van der Waals surface area contributed by atoms with E-state index in [1.165, 1.54) is 4.90 Å². The molecule has 2 aromatic rings. The highest BCUT2D eigenvalue weighted by Gasteiger charge is 2.29. The number of aliphatic hydroxyl groups is 1. The summed E-state index contributed by atoms with van der Waals surface area (Å²) in [4.78, 5) is 39.0. The van der Waals surface area contributed by atoms with Crippen LogP contribution in [0.1, 0.15) is 33.3 Å². The highest BCUT2D eigenvalue weighted by atomic mass is 16.5. The van der Waals surface area contributed by atoms with Crippen LogP contribution in [0.5, 0.6) is 0 Å². The minimum atomic E-state index is -1.48. The maximum atomic E-state index is 13.1. The lowest BCUT2D eigenvalue weighted by Gasteiger charge is -2.28. The van der Waals surface area contributed by atoms with Crippen molar-refractivity contribution < 1.29 is 29.0 Å². The quantitative estimate of drug-likeness (QED) is 0.502. The van der Waals surface area contributed by atoms with Gasteiger partial charge in [0.2, 0.25) is 0 Å². The number of esters is 2. The largest absolute Gasteiger partial charge is 0.464 e. The Bertz CT molecular complexity index is 940. The van der Waals surface area contributed by atoms with Gasteiger partial charge in [-0.1, -0.05) is 56.3 Å². The van der Waals surface area contributed by atoms with Crippen molar-refractivity contribution in [1.82, 2.24) is 10.2 Å². The number of hydrogen-bond acceptors (Lipinski definition) is 6. The molecule has 2 atom stereocenters. The number of carbonyl (C=O) groups is 3. The van der Waals surface area contributed by atoms with E-state index in [0.717, 1.165) is 16.3 Å². The Morgan fingerprint density at radius 3 is 2.24 bits per heavy atom. The molecule has 33 heavy (non-hydrogen) atoms.